The lowest BCUT2D eigenvalue weighted by atomic mass is 9.76. The van der Waals surface area contributed by atoms with E-state index in [1.807, 2.05) is 7.05 Å². The Labute approximate surface area is 151 Å². The molecule has 5 heteroatoms. The molecule has 0 spiro atoms. The van der Waals surface area contributed by atoms with Gasteiger partial charge in [0, 0.05) is 38.8 Å². The third-order valence-electron chi connectivity index (χ3n) is 5.11. The summed E-state index contributed by atoms with van der Waals surface area (Å²) in [5, 5.41) is 6.91. The van der Waals surface area contributed by atoms with E-state index in [2.05, 4.69) is 46.0 Å². The molecule has 3 rings (SSSR count). The summed E-state index contributed by atoms with van der Waals surface area (Å²) in [5.41, 5.74) is 1.45. The maximum absolute atomic E-state index is 5.73. The summed E-state index contributed by atoms with van der Waals surface area (Å²) >= 11 is 0. The zero-order chi connectivity index (χ0) is 17.3. The van der Waals surface area contributed by atoms with Crippen LogP contribution < -0.4 is 10.6 Å². The molecule has 2 aliphatic rings. The molecule has 1 aromatic rings. The Hall–Kier alpha value is -1.59. The number of ether oxygens (including phenoxy) is 2. The largest absolute Gasteiger partial charge is 0.381 e. The minimum atomic E-state index is 0.523. The maximum Gasteiger partial charge on any atom is 0.191 e. The van der Waals surface area contributed by atoms with Crippen LogP contribution in [0.1, 0.15) is 37.2 Å². The maximum atomic E-state index is 5.73. The minimum absolute atomic E-state index is 0.523. The van der Waals surface area contributed by atoms with Crippen molar-refractivity contribution in [3.8, 4) is 0 Å². The van der Waals surface area contributed by atoms with Crippen molar-refractivity contribution < 1.29 is 9.47 Å². The first-order chi connectivity index (χ1) is 12.3. The molecular weight excluding hydrogens is 314 g/mol. The lowest BCUT2D eigenvalue weighted by Gasteiger charge is -2.37. The van der Waals surface area contributed by atoms with Gasteiger partial charge in [-0.3, -0.25) is 4.99 Å². The van der Waals surface area contributed by atoms with Gasteiger partial charge in [-0.15, -0.1) is 0 Å². The van der Waals surface area contributed by atoms with Crippen molar-refractivity contribution in [1.82, 2.24) is 10.6 Å². The van der Waals surface area contributed by atoms with Crippen molar-refractivity contribution in [2.75, 3.05) is 40.0 Å². The van der Waals surface area contributed by atoms with Crippen LogP contribution in [-0.2, 0) is 9.47 Å². The third-order valence-corrected chi connectivity index (χ3v) is 5.11. The lowest BCUT2D eigenvalue weighted by molar-refractivity contribution is 0.0888. The van der Waals surface area contributed by atoms with E-state index in [4.69, 9.17) is 9.47 Å². The van der Waals surface area contributed by atoms with Crippen LogP contribution in [-0.4, -0.2) is 52.0 Å². The molecule has 2 N–H and O–H groups in total. The summed E-state index contributed by atoms with van der Waals surface area (Å²) in [6, 6.07) is 11.3. The van der Waals surface area contributed by atoms with Crippen molar-refractivity contribution in [1.29, 1.82) is 0 Å². The third kappa shape index (κ3) is 5.72. The van der Waals surface area contributed by atoms with Crippen LogP contribution in [0.4, 0.5) is 0 Å². The number of guanidine groups is 1. The Morgan fingerprint density at radius 3 is 2.84 bits per heavy atom. The highest BCUT2D eigenvalue weighted by Gasteiger charge is 2.30. The minimum Gasteiger partial charge on any atom is -0.381 e. The van der Waals surface area contributed by atoms with Crippen LogP contribution in [0.25, 0.3) is 0 Å². The molecule has 25 heavy (non-hydrogen) atoms. The van der Waals surface area contributed by atoms with Gasteiger partial charge >= 0.3 is 0 Å². The van der Waals surface area contributed by atoms with Crippen molar-refractivity contribution in [2.24, 2.45) is 10.9 Å². The zero-order valence-corrected chi connectivity index (χ0v) is 15.2. The van der Waals surface area contributed by atoms with Gasteiger partial charge in [0.1, 0.15) is 0 Å². The Kier molecular flexibility index (Phi) is 7.12. The second kappa shape index (κ2) is 9.78. The second-order valence-corrected chi connectivity index (χ2v) is 7.08. The second-order valence-electron chi connectivity index (χ2n) is 7.08. The van der Waals surface area contributed by atoms with Crippen LogP contribution in [0.2, 0.25) is 0 Å². The molecule has 0 aromatic heterocycles. The average Bonchev–Trinajstić information content (AvgIpc) is 3.13. The first-order valence-electron chi connectivity index (χ1n) is 9.52. The number of nitrogens with zero attached hydrogens (tertiary/aromatic N) is 1. The van der Waals surface area contributed by atoms with E-state index in [0.29, 0.717) is 17.9 Å². The normalized spacial score (nSPS) is 26.3. The fourth-order valence-corrected chi connectivity index (χ4v) is 3.47. The molecule has 1 aliphatic heterocycles. The topological polar surface area (TPSA) is 54.9 Å². The molecule has 1 unspecified atom stereocenters. The zero-order valence-electron chi connectivity index (χ0n) is 15.2. The van der Waals surface area contributed by atoms with E-state index in [9.17, 15) is 0 Å². The Balaban J connectivity index is 1.24. The molecular formula is C20H31N3O2. The Morgan fingerprint density at radius 2 is 2.12 bits per heavy atom. The molecule has 5 nitrogen and oxygen atoms in total. The van der Waals surface area contributed by atoms with Crippen molar-refractivity contribution >= 4 is 5.96 Å². The number of nitrogens with one attached hydrogen (secondary N) is 2. The molecule has 1 heterocycles. The summed E-state index contributed by atoms with van der Waals surface area (Å²) < 4.78 is 11.1. The number of benzene rings is 1. The quantitative estimate of drug-likeness (QED) is 0.432. The van der Waals surface area contributed by atoms with Crippen LogP contribution in [0.5, 0.6) is 0 Å². The monoisotopic (exact) mass is 345 g/mol. The van der Waals surface area contributed by atoms with E-state index in [-0.39, 0.29) is 0 Å². The smallest absolute Gasteiger partial charge is 0.191 e. The van der Waals surface area contributed by atoms with Gasteiger partial charge in [0.05, 0.1) is 13.2 Å². The van der Waals surface area contributed by atoms with Gasteiger partial charge < -0.3 is 20.1 Å². The van der Waals surface area contributed by atoms with Gasteiger partial charge in [-0.05, 0) is 37.2 Å². The summed E-state index contributed by atoms with van der Waals surface area (Å²) in [6.07, 6.45) is 4.49. The predicted molar refractivity (Wildman–Crippen MR) is 101 cm³/mol. The fourth-order valence-electron chi connectivity index (χ4n) is 3.47. The lowest BCUT2D eigenvalue weighted by Crippen LogP contribution is -2.48. The first-order valence-corrected chi connectivity index (χ1v) is 9.52. The summed E-state index contributed by atoms with van der Waals surface area (Å²) in [7, 11) is 1.83. The number of rotatable bonds is 8. The fraction of sp³-hybridized carbons (Fsp3) is 0.650. The van der Waals surface area contributed by atoms with E-state index in [1.54, 1.807) is 0 Å². The Morgan fingerprint density at radius 1 is 1.28 bits per heavy atom. The highest BCUT2D eigenvalue weighted by molar-refractivity contribution is 5.80. The highest BCUT2D eigenvalue weighted by Crippen LogP contribution is 2.36. The molecule has 1 saturated carbocycles. The average molecular weight is 345 g/mol. The van der Waals surface area contributed by atoms with E-state index in [1.165, 1.54) is 18.4 Å². The van der Waals surface area contributed by atoms with Gasteiger partial charge in [0.25, 0.3) is 0 Å². The molecule has 1 aromatic carbocycles. The molecule has 138 valence electrons. The summed E-state index contributed by atoms with van der Waals surface area (Å²) in [6.45, 7) is 4.26. The summed E-state index contributed by atoms with van der Waals surface area (Å²) in [5.74, 6) is 2.18. The molecule has 0 bridgehead atoms. The van der Waals surface area contributed by atoms with E-state index < -0.39 is 0 Å². The van der Waals surface area contributed by atoms with Crippen LogP contribution in [0.3, 0.4) is 0 Å². The number of hydrogen-bond donors (Lipinski definition) is 2. The molecule has 0 radical (unpaired) electrons. The van der Waals surface area contributed by atoms with Gasteiger partial charge in [0.2, 0.25) is 0 Å². The first kappa shape index (κ1) is 18.2. The molecule has 1 atom stereocenters. The van der Waals surface area contributed by atoms with Crippen LogP contribution in [0.15, 0.2) is 35.3 Å². The molecule has 1 saturated heterocycles. The van der Waals surface area contributed by atoms with E-state index in [0.717, 1.165) is 51.8 Å². The molecule has 2 fully saturated rings. The summed E-state index contributed by atoms with van der Waals surface area (Å²) in [4.78, 5) is 4.33. The predicted octanol–water partition coefficient (Wildman–Crippen LogP) is 2.54. The SMILES string of the molecule is CN=C(NCCCOCC1CCOC1)NC1CC(c2ccccc2)C1. The Bertz CT molecular complexity index is 523. The number of aliphatic imine (C=N–C) groups is 1. The van der Waals surface area contributed by atoms with Gasteiger partial charge in [-0.25, -0.2) is 0 Å². The molecule has 1 aliphatic carbocycles. The van der Waals surface area contributed by atoms with Gasteiger partial charge in [0.15, 0.2) is 5.96 Å². The van der Waals surface area contributed by atoms with E-state index >= 15 is 0 Å². The van der Waals surface area contributed by atoms with Gasteiger partial charge in [-0.1, -0.05) is 30.3 Å². The van der Waals surface area contributed by atoms with Crippen molar-refractivity contribution in [3.05, 3.63) is 35.9 Å². The van der Waals surface area contributed by atoms with Crippen LogP contribution >= 0.6 is 0 Å². The van der Waals surface area contributed by atoms with Crippen molar-refractivity contribution in [3.63, 3.8) is 0 Å². The van der Waals surface area contributed by atoms with Gasteiger partial charge in [-0.2, -0.15) is 0 Å². The number of hydrogen-bond acceptors (Lipinski definition) is 3. The van der Waals surface area contributed by atoms with Crippen LogP contribution in [0, 0.1) is 5.92 Å². The van der Waals surface area contributed by atoms with Crippen molar-refractivity contribution in [2.45, 2.75) is 37.6 Å². The molecule has 0 amide bonds. The standard InChI is InChI=1S/C20H31N3O2/c1-21-20(22-9-5-10-24-14-16-8-11-25-15-16)23-19-12-18(13-19)17-6-3-2-4-7-17/h2-4,6-7,16,18-19H,5,8-15H2,1H3,(H2,21,22,23). The highest BCUT2D eigenvalue weighted by atomic mass is 16.5.